The number of hydrogen-bond acceptors (Lipinski definition) is 9. The van der Waals surface area contributed by atoms with Crippen molar-refractivity contribution in [2.45, 2.75) is 24.5 Å². The summed E-state index contributed by atoms with van der Waals surface area (Å²) in [6, 6.07) is 0. The minimum atomic E-state index is -3.17. The summed E-state index contributed by atoms with van der Waals surface area (Å²) in [7, 11) is -6.16. The Morgan fingerprint density at radius 2 is 2.00 bits per heavy atom. The zero-order chi connectivity index (χ0) is 18.0. The molecule has 2 unspecified atom stereocenters. The maximum Gasteiger partial charge on any atom is 0.747 e. The number of nitrogens with one attached hydrogen (secondary N) is 1. The summed E-state index contributed by atoms with van der Waals surface area (Å²) in [5.74, 6) is -1.32. The van der Waals surface area contributed by atoms with E-state index in [1.807, 2.05) is 0 Å². The maximum atomic E-state index is 13.3. The molecule has 0 spiro atoms. The molecule has 1 saturated heterocycles. The van der Waals surface area contributed by atoms with Crippen LogP contribution < -0.4 is 11.2 Å². The Morgan fingerprint density at radius 3 is 2.62 bits per heavy atom. The van der Waals surface area contributed by atoms with Gasteiger partial charge in [0, 0.05) is 9.13 Å². The van der Waals surface area contributed by atoms with Crippen LogP contribution in [0.4, 0.5) is 4.39 Å². The molecule has 0 bridgehead atoms. The lowest BCUT2D eigenvalue weighted by Crippen LogP contribution is -2.38. The van der Waals surface area contributed by atoms with Gasteiger partial charge >= 0.3 is 22.2 Å². The zero-order valence-corrected chi connectivity index (χ0v) is 13.3. The number of aliphatic hydroxyl groups is 2. The van der Waals surface area contributed by atoms with Crippen LogP contribution in [0.1, 0.15) is 6.23 Å². The van der Waals surface area contributed by atoms with Crippen LogP contribution in [-0.4, -0.2) is 49.6 Å². The number of aliphatic hydroxyl groups excluding tert-OH is 2. The van der Waals surface area contributed by atoms with Gasteiger partial charge in [0.15, 0.2) is 10.5 Å². The highest BCUT2D eigenvalue weighted by molar-refractivity contribution is 7.47. The van der Waals surface area contributed by atoms with Gasteiger partial charge in [0.25, 0.3) is 5.56 Å². The Hall–Kier alpha value is -1.43. The predicted octanol–water partition coefficient (Wildman–Crippen LogP) is -1.36. The lowest BCUT2D eigenvalue weighted by Gasteiger charge is -2.16. The summed E-state index contributed by atoms with van der Waals surface area (Å²) in [5, 5.41) is 19.7. The smallest absolute Gasteiger partial charge is 0.387 e. The zero-order valence-electron chi connectivity index (χ0n) is 11.5. The average molecular weight is 388 g/mol. The molecule has 2 heterocycles. The van der Waals surface area contributed by atoms with E-state index in [1.165, 1.54) is 0 Å². The van der Waals surface area contributed by atoms with Crippen LogP contribution in [0.25, 0.3) is 0 Å². The highest BCUT2D eigenvalue weighted by Gasteiger charge is 2.47. The number of hydrogen-bond donors (Lipinski definition) is 4. The van der Waals surface area contributed by atoms with Crippen molar-refractivity contribution >= 4 is 16.5 Å². The molecule has 0 aromatic carbocycles. The number of halogens is 1. The van der Waals surface area contributed by atoms with E-state index in [2.05, 4.69) is 8.83 Å². The summed E-state index contributed by atoms with van der Waals surface area (Å²) in [5.41, 5.74) is -2.36. The molecule has 12 nitrogen and oxygen atoms in total. The molecule has 0 radical (unpaired) electrons. The van der Waals surface area contributed by atoms with Gasteiger partial charge in [-0.25, -0.2) is 4.79 Å². The van der Waals surface area contributed by atoms with Crippen LogP contribution in [0.3, 0.4) is 0 Å². The third-order valence-electron chi connectivity index (χ3n) is 3.02. The van der Waals surface area contributed by atoms with E-state index in [0.29, 0.717) is 10.8 Å². The van der Waals surface area contributed by atoms with Crippen LogP contribution >= 0.6 is 16.5 Å². The molecule has 1 aromatic rings. The van der Waals surface area contributed by atoms with Crippen LogP contribution in [0.2, 0.25) is 0 Å². The molecule has 1 aliphatic heterocycles. The van der Waals surface area contributed by atoms with Gasteiger partial charge < -0.3 is 14.9 Å². The Kier molecular flexibility index (Phi) is 6.01. The quantitative estimate of drug-likeness (QED) is 0.425. The van der Waals surface area contributed by atoms with E-state index >= 15 is 0 Å². The molecule has 4 N–H and O–H groups in total. The van der Waals surface area contributed by atoms with Crippen molar-refractivity contribution in [3.05, 3.63) is 32.9 Å². The topological polar surface area (TPSA) is 177 Å². The second kappa shape index (κ2) is 7.64. The van der Waals surface area contributed by atoms with E-state index in [1.54, 1.807) is 4.98 Å². The molecule has 1 aromatic heterocycles. The van der Waals surface area contributed by atoms with Gasteiger partial charge in [-0.3, -0.25) is 14.3 Å². The molecular formula is C9H11FN2O10P2+2. The average Bonchev–Trinajstić information content (AvgIpc) is 2.76. The molecule has 132 valence electrons. The fraction of sp³-hybridized carbons (Fsp3) is 0.556. The minimum Gasteiger partial charge on any atom is -0.387 e. The molecule has 0 amide bonds. The van der Waals surface area contributed by atoms with Gasteiger partial charge in [-0.05, 0) is 0 Å². The molecule has 2 rings (SSSR count). The van der Waals surface area contributed by atoms with Crippen molar-refractivity contribution in [1.82, 2.24) is 9.55 Å². The van der Waals surface area contributed by atoms with Crippen molar-refractivity contribution in [2.24, 2.45) is 0 Å². The van der Waals surface area contributed by atoms with E-state index in [4.69, 9.17) is 9.63 Å². The Morgan fingerprint density at radius 1 is 1.33 bits per heavy atom. The summed E-state index contributed by atoms with van der Waals surface area (Å²) >= 11 is 0. The van der Waals surface area contributed by atoms with Gasteiger partial charge in [0.1, 0.15) is 24.9 Å². The standard InChI is InChI=1S/C9H9FN2O10P2/c10-3-1-12(9(16)11-7(3)15)8-6(14)5(13)4(21-8)2-20-24(19)22-23(17)18/h1,4-6,8,13-14H,2H2/p+2/t4-,5-,6-,8-/m1/s1. The fourth-order valence-corrected chi connectivity index (χ4v) is 2.87. The first-order valence-electron chi connectivity index (χ1n) is 6.17. The van der Waals surface area contributed by atoms with Crippen molar-refractivity contribution in [2.75, 3.05) is 6.61 Å². The molecule has 0 saturated carbocycles. The minimum absolute atomic E-state index is 0.491. The maximum absolute atomic E-state index is 13.3. The highest BCUT2D eigenvalue weighted by atomic mass is 31.2. The molecule has 6 atom stereocenters. The number of aromatic nitrogens is 2. The number of H-pyrrole nitrogens is 1. The summed E-state index contributed by atoms with van der Waals surface area (Å²) < 4.78 is 48.8. The second-order valence-corrected chi connectivity index (χ2v) is 6.36. The molecule has 1 aliphatic rings. The first-order chi connectivity index (χ1) is 11.2. The number of aromatic amines is 1. The third-order valence-corrected chi connectivity index (χ3v) is 4.47. The van der Waals surface area contributed by atoms with Gasteiger partial charge in [-0.15, -0.1) is 9.42 Å². The largest absolute Gasteiger partial charge is 0.747 e. The van der Waals surface area contributed by atoms with Crippen LogP contribution in [0.5, 0.6) is 0 Å². The fourth-order valence-electron chi connectivity index (χ4n) is 1.96. The van der Waals surface area contributed by atoms with Crippen LogP contribution in [0.15, 0.2) is 15.8 Å². The first kappa shape index (κ1) is 18.9. The molecule has 0 aliphatic carbocycles. The summed E-state index contributed by atoms with van der Waals surface area (Å²) in [6.45, 7) is -0.631. The normalized spacial score (nSPS) is 28.0. The van der Waals surface area contributed by atoms with Crippen molar-refractivity contribution in [1.29, 1.82) is 0 Å². The Labute approximate surface area is 133 Å². The number of nitrogens with zero attached hydrogens (tertiary/aromatic N) is 1. The summed E-state index contributed by atoms with van der Waals surface area (Å²) in [6.07, 6.45) is -5.70. The molecular weight excluding hydrogens is 377 g/mol. The number of rotatable bonds is 6. The third kappa shape index (κ3) is 4.15. The van der Waals surface area contributed by atoms with Gasteiger partial charge in [-0.1, -0.05) is 0 Å². The van der Waals surface area contributed by atoms with Gasteiger partial charge in [-0.2, -0.15) is 4.39 Å². The molecule has 15 heteroatoms. The lowest BCUT2D eigenvalue weighted by atomic mass is 10.1. The highest BCUT2D eigenvalue weighted by Crippen LogP contribution is 2.37. The monoisotopic (exact) mass is 388 g/mol. The predicted molar refractivity (Wildman–Crippen MR) is 71.7 cm³/mol. The number of ether oxygens (including phenoxy) is 1. The van der Waals surface area contributed by atoms with Crippen molar-refractivity contribution in [3.8, 4) is 0 Å². The van der Waals surface area contributed by atoms with Crippen LogP contribution in [-0.2, 0) is 22.7 Å². The van der Waals surface area contributed by atoms with E-state index in [0.717, 1.165) is 0 Å². The van der Waals surface area contributed by atoms with E-state index in [-0.39, 0.29) is 0 Å². The van der Waals surface area contributed by atoms with E-state index in [9.17, 15) is 33.3 Å². The van der Waals surface area contributed by atoms with Crippen LogP contribution in [0, 0.1) is 5.82 Å². The lowest BCUT2D eigenvalue weighted by molar-refractivity contribution is -0.0520. The van der Waals surface area contributed by atoms with Gasteiger partial charge in [0.05, 0.1) is 6.20 Å². The summed E-state index contributed by atoms with van der Waals surface area (Å²) in [4.78, 5) is 32.6. The molecule has 1 fully saturated rings. The van der Waals surface area contributed by atoms with Crippen molar-refractivity contribution < 1.29 is 42.2 Å². The Balaban J connectivity index is 2.11. The Bertz CT molecular complexity index is 765. The van der Waals surface area contributed by atoms with E-state index < -0.39 is 64.7 Å². The molecule has 24 heavy (non-hydrogen) atoms. The first-order valence-corrected chi connectivity index (χ1v) is 8.40. The second-order valence-electron chi connectivity index (χ2n) is 4.53. The SMILES string of the molecule is O=c1[nH]c(=O)n([C@@H]2O[C@H](CO[P+](=O)O[P+](=O)O)[C@@H](O)[C@H]2O)cc1F. The van der Waals surface area contributed by atoms with Gasteiger partial charge in [0.2, 0.25) is 5.82 Å². The van der Waals surface area contributed by atoms with Crippen molar-refractivity contribution in [3.63, 3.8) is 0 Å².